The van der Waals surface area contributed by atoms with Crippen molar-refractivity contribution in [2.75, 3.05) is 9.80 Å². The number of nitrogens with zero attached hydrogens (tertiary/aromatic N) is 2. The first-order chi connectivity index (χ1) is 35.1. The molecule has 71 heavy (non-hydrogen) atoms. The Morgan fingerprint density at radius 3 is 1.10 bits per heavy atom. The van der Waals surface area contributed by atoms with Crippen LogP contribution in [-0.4, -0.2) is 0 Å². The van der Waals surface area contributed by atoms with Crippen LogP contribution in [-0.2, 0) is 0 Å². The van der Waals surface area contributed by atoms with Crippen LogP contribution in [0.4, 0.5) is 34.1 Å². The molecule has 0 amide bonds. The van der Waals surface area contributed by atoms with Crippen LogP contribution in [0.2, 0.25) is 0 Å². The van der Waals surface area contributed by atoms with E-state index in [2.05, 4.69) is 278 Å². The molecule has 13 aromatic carbocycles. The normalized spacial score (nSPS) is 11.7. The summed E-state index contributed by atoms with van der Waals surface area (Å²) in [5, 5.41) is 14.4. The largest absolute Gasteiger partial charge is 0.310 e. The Balaban J connectivity index is 1.18. The average Bonchev–Trinajstić information content (AvgIpc) is 3.43. The lowest BCUT2D eigenvalue weighted by Gasteiger charge is -2.31. The molecular formula is C69H48N2. The van der Waals surface area contributed by atoms with Gasteiger partial charge < -0.3 is 9.80 Å². The van der Waals surface area contributed by atoms with E-state index in [-0.39, 0.29) is 0 Å². The third-order valence-corrected chi connectivity index (χ3v) is 14.4. The van der Waals surface area contributed by atoms with Gasteiger partial charge in [-0.15, -0.1) is 0 Å². The smallest absolute Gasteiger partial charge is 0.0546 e. The van der Waals surface area contributed by atoms with Gasteiger partial charge in [-0.05, 0) is 144 Å². The number of fused-ring (bicyclic) bond motifs is 3. The van der Waals surface area contributed by atoms with Gasteiger partial charge in [0.1, 0.15) is 0 Å². The number of hydrogen-bond acceptors (Lipinski definition) is 2. The first-order valence-electron chi connectivity index (χ1n) is 24.5. The van der Waals surface area contributed by atoms with Crippen LogP contribution in [0.1, 0.15) is 18.1 Å². The van der Waals surface area contributed by atoms with Gasteiger partial charge in [0.15, 0.2) is 0 Å². The second-order valence-corrected chi connectivity index (χ2v) is 18.5. The van der Waals surface area contributed by atoms with Crippen molar-refractivity contribution in [3.05, 3.63) is 266 Å². The van der Waals surface area contributed by atoms with E-state index in [0.717, 1.165) is 45.3 Å². The van der Waals surface area contributed by atoms with E-state index in [9.17, 15) is 0 Å². The van der Waals surface area contributed by atoms with E-state index in [4.69, 9.17) is 0 Å². The molecule has 0 radical (unpaired) electrons. The molecule has 0 aromatic heterocycles. The Bertz CT molecular complexity index is 4130. The zero-order valence-electron chi connectivity index (χ0n) is 39.4. The average molecular weight is 905 g/mol. The quantitative estimate of drug-likeness (QED) is 0.126. The minimum absolute atomic E-state index is 1.07. The van der Waals surface area contributed by atoms with E-state index in [1.807, 2.05) is 6.08 Å². The molecule has 0 aliphatic heterocycles. The molecule has 0 unspecified atom stereocenters. The van der Waals surface area contributed by atoms with E-state index in [1.54, 1.807) is 0 Å². The van der Waals surface area contributed by atoms with Gasteiger partial charge in [-0.25, -0.2) is 0 Å². The molecule has 13 rings (SSSR count). The number of allylic oxidation sites excluding steroid dienone is 1. The summed E-state index contributed by atoms with van der Waals surface area (Å²) in [4.78, 5) is 4.96. The molecule has 0 bridgehead atoms. The van der Waals surface area contributed by atoms with Gasteiger partial charge in [0.25, 0.3) is 0 Å². The second-order valence-electron chi connectivity index (χ2n) is 18.5. The molecule has 0 spiro atoms. The van der Waals surface area contributed by atoms with Crippen molar-refractivity contribution in [3.8, 4) is 22.3 Å². The van der Waals surface area contributed by atoms with Crippen molar-refractivity contribution in [3.63, 3.8) is 0 Å². The van der Waals surface area contributed by atoms with Gasteiger partial charge in [0, 0.05) is 44.3 Å². The Hall–Kier alpha value is -9.24. The summed E-state index contributed by atoms with van der Waals surface area (Å²) in [6.07, 6.45) is 6.24. The van der Waals surface area contributed by atoms with Gasteiger partial charge in [-0.3, -0.25) is 0 Å². The molecule has 0 saturated carbocycles. The summed E-state index contributed by atoms with van der Waals surface area (Å²) >= 11 is 0. The van der Waals surface area contributed by atoms with E-state index in [1.165, 1.54) is 86.9 Å². The topological polar surface area (TPSA) is 6.48 Å². The zero-order chi connectivity index (χ0) is 47.4. The molecule has 2 heteroatoms. The summed E-state index contributed by atoms with van der Waals surface area (Å²) < 4.78 is 0. The minimum Gasteiger partial charge on any atom is -0.310 e. The highest BCUT2D eigenvalue weighted by atomic mass is 15.2. The lowest BCUT2D eigenvalue weighted by molar-refractivity contribution is 1.30. The highest BCUT2D eigenvalue weighted by molar-refractivity contribution is 6.32. The molecule has 13 aromatic rings. The van der Waals surface area contributed by atoms with Gasteiger partial charge in [0.2, 0.25) is 0 Å². The Morgan fingerprint density at radius 2 is 0.690 bits per heavy atom. The SMILES string of the molecule is C=Cc1ccc(N(c2ccc3ccccc3c2)c2cc(-c3ccccc3)c3ccc4c(N(c5ccc6ccccc6c5)c5ccc6ccccc6c5)cc(-c5ccccc5)c5ccc2c3c54)cc1/C=C\C. The molecule has 0 saturated heterocycles. The first kappa shape index (κ1) is 41.9. The van der Waals surface area contributed by atoms with Crippen LogP contribution >= 0.6 is 0 Å². The number of benzene rings is 13. The van der Waals surface area contributed by atoms with Crippen LogP contribution in [0.25, 0.3) is 99.0 Å². The van der Waals surface area contributed by atoms with Crippen LogP contribution in [0.5, 0.6) is 0 Å². The standard InChI is InChI=1S/C69H48N2/c1-3-17-52-40-56(32-28-46(52)4-2)70(57-33-29-47-18-11-14-25-53(47)41-57)66-44-64(50-21-7-5-8-22-50)60-37-39-63-67(45-65(51-23-9-6-10-24-51)61-36-38-62(66)68(60)69(61)63)71(58-34-30-48-19-12-15-26-54(48)42-58)59-35-31-49-20-13-16-27-55(49)43-59/h3-45H,2H2,1H3/b17-3-. The lowest BCUT2D eigenvalue weighted by Crippen LogP contribution is -2.12. The predicted octanol–water partition coefficient (Wildman–Crippen LogP) is 20.0. The number of anilines is 6. The van der Waals surface area contributed by atoms with E-state index < -0.39 is 0 Å². The fourth-order valence-corrected chi connectivity index (χ4v) is 11.1. The maximum absolute atomic E-state index is 4.19. The fourth-order valence-electron chi connectivity index (χ4n) is 11.1. The molecule has 334 valence electrons. The van der Waals surface area contributed by atoms with Gasteiger partial charge >= 0.3 is 0 Å². The second kappa shape index (κ2) is 17.4. The van der Waals surface area contributed by atoms with Gasteiger partial charge in [-0.1, -0.05) is 207 Å². The summed E-state index contributed by atoms with van der Waals surface area (Å²) in [6, 6.07) is 89.6. The van der Waals surface area contributed by atoms with Crippen molar-refractivity contribution >= 4 is 111 Å². The summed E-state index contributed by atoms with van der Waals surface area (Å²) in [6.45, 7) is 6.27. The monoisotopic (exact) mass is 904 g/mol. The Kier molecular flexibility index (Phi) is 10.3. The molecule has 0 heterocycles. The molecule has 2 nitrogen and oxygen atoms in total. The van der Waals surface area contributed by atoms with E-state index >= 15 is 0 Å². The van der Waals surface area contributed by atoms with Crippen LogP contribution in [0, 0.1) is 0 Å². The zero-order valence-corrected chi connectivity index (χ0v) is 39.4. The van der Waals surface area contributed by atoms with Crippen LogP contribution in [0.3, 0.4) is 0 Å². The maximum atomic E-state index is 4.19. The predicted molar refractivity (Wildman–Crippen MR) is 308 cm³/mol. The first-order valence-corrected chi connectivity index (χ1v) is 24.5. The maximum Gasteiger partial charge on any atom is 0.0546 e. The summed E-state index contributed by atoms with van der Waals surface area (Å²) in [5.41, 5.74) is 13.5. The van der Waals surface area contributed by atoms with E-state index in [0.29, 0.717) is 0 Å². The highest BCUT2D eigenvalue weighted by Crippen LogP contribution is 2.52. The van der Waals surface area contributed by atoms with Crippen molar-refractivity contribution in [2.24, 2.45) is 0 Å². The molecule has 0 aliphatic rings. The van der Waals surface area contributed by atoms with Crippen molar-refractivity contribution in [1.29, 1.82) is 0 Å². The molecule has 0 fully saturated rings. The van der Waals surface area contributed by atoms with Gasteiger partial charge in [-0.2, -0.15) is 0 Å². The number of hydrogen-bond donors (Lipinski definition) is 0. The minimum atomic E-state index is 1.07. The van der Waals surface area contributed by atoms with Crippen LogP contribution in [0.15, 0.2) is 255 Å². The molecular weight excluding hydrogens is 857 g/mol. The molecule has 0 atom stereocenters. The Labute approximate surface area is 414 Å². The molecule has 0 N–H and O–H groups in total. The third kappa shape index (κ3) is 7.19. The van der Waals surface area contributed by atoms with Crippen molar-refractivity contribution < 1.29 is 0 Å². The fraction of sp³-hybridized carbons (Fsp3) is 0.0145. The highest BCUT2D eigenvalue weighted by Gasteiger charge is 2.26. The summed E-state index contributed by atoms with van der Waals surface area (Å²) in [7, 11) is 0. The summed E-state index contributed by atoms with van der Waals surface area (Å²) in [5.74, 6) is 0. The Morgan fingerprint density at radius 1 is 0.324 bits per heavy atom. The lowest BCUT2D eigenvalue weighted by atomic mass is 9.85. The number of rotatable bonds is 10. The van der Waals surface area contributed by atoms with Crippen molar-refractivity contribution in [1.82, 2.24) is 0 Å². The molecule has 0 aliphatic carbocycles. The van der Waals surface area contributed by atoms with Crippen molar-refractivity contribution in [2.45, 2.75) is 6.92 Å². The van der Waals surface area contributed by atoms with Gasteiger partial charge in [0.05, 0.1) is 11.4 Å². The van der Waals surface area contributed by atoms with Crippen LogP contribution < -0.4 is 9.80 Å². The third-order valence-electron chi connectivity index (χ3n) is 14.4.